The third-order valence-electron chi connectivity index (χ3n) is 7.88. The first-order valence-electron chi connectivity index (χ1n) is 14.6. The van der Waals surface area contributed by atoms with Crippen molar-refractivity contribution in [3.05, 3.63) is 82.9 Å². The van der Waals surface area contributed by atoms with E-state index in [2.05, 4.69) is 16.0 Å². The van der Waals surface area contributed by atoms with Crippen molar-refractivity contribution in [3.8, 4) is 17.2 Å². The molecule has 45 heavy (non-hydrogen) atoms. The number of carbonyl (C=O) groups excluding carboxylic acids is 4. The molecule has 2 fully saturated rings. The summed E-state index contributed by atoms with van der Waals surface area (Å²) < 4.78 is 44.0. The fourth-order valence-corrected chi connectivity index (χ4v) is 5.57. The molecule has 0 spiro atoms. The van der Waals surface area contributed by atoms with E-state index in [1.807, 2.05) is 0 Å². The molecule has 3 aromatic rings. The SMILES string of the molecule is O=C1CCC(N2Cc3ccc(COC(=O)Nc4ccc(Oc5ccc(F)c(F)c5)cc4)c(OC4CCNCC4)c3C2=O)C(=O)N1. The Kier molecular flexibility index (Phi) is 8.60. The van der Waals surface area contributed by atoms with E-state index >= 15 is 0 Å². The molecule has 0 aliphatic carbocycles. The Morgan fingerprint density at radius 2 is 1.69 bits per heavy atom. The molecule has 3 aliphatic rings. The van der Waals surface area contributed by atoms with Crippen molar-refractivity contribution in [1.82, 2.24) is 15.5 Å². The largest absolute Gasteiger partial charge is 0.489 e. The molecule has 1 atom stereocenters. The second-order valence-corrected chi connectivity index (χ2v) is 11.0. The van der Waals surface area contributed by atoms with Crippen molar-refractivity contribution < 1.29 is 42.2 Å². The lowest BCUT2D eigenvalue weighted by molar-refractivity contribution is -0.136. The maximum Gasteiger partial charge on any atom is 0.411 e. The van der Waals surface area contributed by atoms with Crippen LogP contribution in [0.25, 0.3) is 0 Å². The fourth-order valence-electron chi connectivity index (χ4n) is 5.57. The van der Waals surface area contributed by atoms with E-state index < -0.39 is 29.7 Å². The third-order valence-corrected chi connectivity index (χ3v) is 7.88. The average Bonchev–Trinajstić information content (AvgIpc) is 3.36. The average molecular weight is 621 g/mol. The zero-order chi connectivity index (χ0) is 31.5. The molecule has 0 saturated carbocycles. The van der Waals surface area contributed by atoms with E-state index in [9.17, 15) is 28.0 Å². The highest BCUT2D eigenvalue weighted by molar-refractivity contribution is 6.06. The van der Waals surface area contributed by atoms with Crippen LogP contribution in [0.1, 0.15) is 47.2 Å². The molecule has 1 unspecified atom stereocenters. The van der Waals surface area contributed by atoms with Crippen molar-refractivity contribution in [2.75, 3.05) is 18.4 Å². The molecule has 3 aliphatic heterocycles. The van der Waals surface area contributed by atoms with Gasteiger partial charge < -0.3 is 24.4 Å². The van der Waals surface area contributed by atoms with Gasteiger partial charge in [0.2, 0.25) is 11.8 Å². The quantitative estimate of drug-likeness (QED) is 0.316. The highest BCUT2D eigenvalue weighted by atomic mass is 19.2. The van der Waals surface area contributed by atoms with Gasteiger partial charge in [-0.15, -0.1) is 0 Å². The monoisotopic (exact) mass is 620 g/mol. The number of amides is 4. The second kappa shape index (κ2) is 12.9. The van der Waals surface area contributed by atoms with Gasteiger partial charge in [0.15, 0.2) is 11.6 Å². The Morgan fingerprint density at radius 3 is 2.42 bits per heavy atom. The number of nitrogens with zero attached hydrogens (tertiary/aromatic N) is 1. The molecule has 0 aromatic heterocycles. The van der Waals surface area contributed by atoms with Crippen molar-refractivity contribution in [3.63, 3.8) is 0 Å². The summed E-state index contributed by atoms with van der Waals surface area (Å²) in [7, 11) is 0. The van der Waals surface area contributed by atoms with Crippen LogP contribution in [-0.2, 0) is 27.5 Å². The summed E-state index contributed by atoms with van der Waals surface area (Å²) in [5.74, 6) is -2.47. The van der Waals surface area contributed by atoms with Gasteiger partial charge >= 0.3 is 6.09 Å². The molecule has 0 bridgehead atoms. The lowest BCUT2D eigenvalue weighted by atomic mass is 10.0. The van der Waals surface area contributed by atoms with Crippen LogP contribution in [0.2, 0.25) is 0 Å². The lowest BCUT2D eigenvalue weighted by Crippen LogP contribution is -2.52. The molecule has 234 valence electrons. The predicted molar refractivity (Wildman–Crippen MR) is 156 cm³/mol. The van der Waals surface area contributed by atoms with Crippen LogP contribution >= 0.6 is 0 Å². The van der Waals surface area contributed by atoms with E-state index in [1.54, 1.807) is 36.4 Å². The van der Waals surface area contributed by atoms with Gasteiger partial charge in [-0.1, -0.05) is 12.1 Å². The van der Waals surface area contributed by atoms with E-state index in [0.29, 0.717) is 33.9 Å². The smallest absolute Gasteiger partial charge is 0.411 e. The summed E-state index contributed by atoms with van der Waals surface area (Å²) in [6.45, 7) is 1.52. The van der Waals surface area contributed by atoms with Crippen LogP contribution in [0.3, 0.4) is 0 Å². The second-order valence-electron chi connectivity index (χ2n) is 11.0. The molecule has 0 radical (unpaired) electrons. The molecular formula is C32H30F2N4O7. The number of nitrogens with one attached hydrogen (secondary N) is 3. The third kappa shape index (κ3) is 6.73. The Labute approximate surface area is 256 Å². The minimum Gasteiger partial charge on any atom is -0.489 e. The summed E-state index contributed by atoms with van der Waals surface area (Å²) in [5, 5.41) is 8.20. The van der Waals surface area contributed by atoms with Crippen molar-refractivity contribution in [1.29, 1.82) is 0 Å². The van der Waals surface area contributed by atoms with Crippen molar-refractivity contribution in [2.24, 2.45) is 0 Å². The van der Waals surface area contributed by atoms with E-state index in [0.717, 1.165) is 38.1 Å². The van der Waals surface area contributed by atoms with Gasteiger partial charge in [0.1, 0.15) is 36.0 Å². The topological polar surface area (TPSA) is 135 Å². The molecule has 3 aromatic carbocycles. The molecular weight excluding hydrogens is 590 g/mol. The number of rotatable bonds is 8. The van der Waals surface area contributed by atoms with Gasteiger partial charge in [-0.2, -0.15) is 0 Å². The first-order chi connectivity index (χ1) is 21.7. The Balaban J connectivity index is 1.14. The number of fused-ring (bicyclic) bond motifs is 1. The summed E-state index contributed by atoms with van der Waals surface area (Å²) in [4.78, 5) is 52.1. The number of benzene rings is 3. The number of carbonyl (C=O) groups is 4. The number of anilines is 1. The molecule has 6 rings (SSSR count). The Hall–Kier alpha value is -5.04. The number of hydrogen-bond donors (Lipinski definition) is 3. The fraction of sp³-hybridized carbons (Fsp3) is 0.312. The molecule has 3 heterocycles. The zero-order valence-corrected chi connectivity index (χ0v) is 24.1. The zero-order valence-electron chi connectivity index (χ0n) is 24.1. The molecule has 3 N–H and O–H groups in total. The van der Waals surface area contributed by atoms with Gasteiger partial charge in [-0.25, -0.2) is 13.6 Å². The Morgan fingerprint density at radius 1 is 0.933 bits per heavy atom. The minimum atomic E-state index is -1.03. The van der Waals surface area contributed by atoms with Gasteiger partial charge in [0.25, 0.3) is 5.91 Å². The highest BCUT2D eigenvalue weighted by Crippen LogP contribution is 2.38. The van der Waals surface area contributed by atoms with Crippen LogP contribution in [0.15, 0.2) is 54.6 Å². The number of imide groups is 1. The van der Waals surface area contributed by atoms with Crippen molar-refractivity contribution >= 4 is 29.5 Å². The van der Waals surface area contributed by atoms with E-state index in [1.165, 1.54) is 11.0 Å². The molecule has 11 nitrogen and oxygen atoms in total. The summed E-state index contributed by atoms with van der Waals surface area (Å²) in [6.07, 6.45) is 0.927. The summed E-state index contributed by atoms with van der Waals surface area (Å²) in [5.41, 5.74) is 1.91. The summed E-state index contributed by atoms with van der Waals surface area (Å²) in [6, 6.07) is 12.1. The van der Waals surface area contributed by atoms with E-state index in [-0.39, 0.29) is 49.7 Å². The van der Waals surface area contributed by atoms with Crippen molar-refractivity contribution in [2.45, 2.75) is 51.0 Å². The number of piperidine rings is 2. The maximum atomic E-state index is 13.7. The van der Waals surface area contributed by atoms with E-state index in [4.69, 9.17) is 14.2 Å². The number of ether oxygens (including phenoxy) is 3. The highest BCUT2D eigenvalue weighted by Gasteiger charge is 2.41. The Bertz CT molecular complexity index is 1640. The minimum absolute atomic E-state index is 0.115. The van der Waals surface area contributed by atoms with Crippen LogP contribution in [-0.4, -0.2) is 54.0 Å². The number of halogens is 2. The molecule has 13 heteroatoms. The van der Waals surface area contributed by atoms with Crippen LogP contribution in [0.4, 0.5) is 19.3 Å². The maximum absolute atomic E-state index is 13.7. The lowest BCUT2D eigenvalue weighted by Gasteiger charge is -2.29. The van der Waals surface area contributed by atoms with Gasteiger partial charge in [0, 0.05) is 30.3 Å². The standard InChI is InChI=1S/C32H30F2N4O7/c33-24-8-7-23(15-25(24)34)44-21-5-3-20(4-6-21)36-32(42)43-17-19-2-1-18-16-38(26-9-10-27(39)37-30(26)40)31(41)28(18)29(19)45-22-11-13-35-14-12-22/h1-8,15,22,26,35H,9-14,16-17H2,(H,36,42)(H,37,39,40). The van der Waals surface area contributed by atoms with Crippen LogP contribution in [0.5, 0.6) is 17.2 Å². The first-order valence-corrected chi connectivity index (χ1v) is 14.6. The summed E-state index contributed by atoms with van der Waals surface area (Å²) >= 11 is 0. The first kappa shape index (κ1) is 30.0. The van der Waals surface area contributed by atoms with Crippen LogP contribution < -0.4 is 25.4 Å². The predicted octanol–water partition coefficient (Wildman–Crippen LogP) is 4.40. The molecule has 2 saturated heterocycles. The number of hydrogen-bond acceptors (Lipinski definition) is 8. The normalized spacial score (nSPS) is 18.3. The van der Waals surface area contributed by atoms with Gasteiger partial charge in [0.05, 0.1) is 5.56 Å². The van der Waals surface area contributed by atoms with Gasteiger partial charge in [-0.05, 0) is 74.3 Å². The van der Waals surface area contributed by atoms with Crippen LogP contribution in [0, 0.1) is 11.6 Å². The van der Waals surface area contributed by atoms with Gasteiger partial charge in [-0.3, -0.25) is 25.0 Å². The molecule has 4 amide bonds.